The Kier molecular flexibility index (Phi) is 6.51. The molecule has 3 rings (SSSR count). The lowest BCUT2D eigenvalue weighted by atomic mass is 10.1. The molecule has 0 bridgehead atoms. The van der Waals surface area contributed by atoms with E-state index in [4.69, 9.17) is 4.42 Å². The monoisotopic (exact) mass is 412 g/mol. The summed E-state index contributed by atoms with van der Waals surface area (Å²) in [5.74, 6) is 0.0860. The van der Waals surface area contributed by atoms with Gasteiger partial charge in [-0.1, -0.05) is 42.0 Å². The highest BCUT2D eigenvalue weighted by atomic mass is 32.2. The molecule has 0 aliphatic heterocycles. The zero-order valence-electron chi connectivity index (χ0n) is 16.5. The summed E-state index contributed by atoms with van der Waals surface area (Å²) in [6.07, 6.45) is 1.48. The fourth-order valence-corrected chi connectivity index (χ4v) is 4.24. The molecule has 0 aliphatic rings. The van der Waals surface area contributed by atoms with Crippen LogP contribution >= 0.6 is 0 Å². The van der Waals surface area contributed by atoms with E-state index in [-0.39, 0.29) is 23.9 Å². The second-order valence-electron chi connectivity index (χ2n) is 6.87. The van der Waals surface area contributed by atoms with Crippen LogP contribution in [-0.4, -0.2) is 25.2 Å². The lowest BCUT2D eigenvalue weighted by Gasteiger charge is -2.21. The minimum Gasteiger partial charge on any atom is -0.468 e. The van der Waals surface area contributed by atoms with Crippen molar-refractivity contribution >= 4 is 15.9 Å². The topological polar surface area (TPSA) is 79.6 Å². The summed E-state index contributed by atoms with van der Waals surface area (Å²) in [6.45, 7) is 3.86. The number of rotatable bonds is 8. The van der Waals surface area contributed by atoms with Gasteiger partial charge in [-0.25, -0.2) is 8.42 Å². The van der Waals surface area contributed by atoms with Gasteiger partial charge in [0, 0.05) is 6.54 Å². The Morgan fingerprint density at radius 3 is 2.38 bits per heavy atom. The maximum Gasteiger partial charge on any atom is 0.243 e. The second-order valence-corrected chi connectivity index (χ2v) is 8.81. The molecule has 0 spiro atoms. The van der Waals surface area contributed by atoms with Crippen LogP contribution in [0.1, 0.15) is 22.5 Å². The maximum absolute atomic E-state index is 13.1. The molecule has 1 amide bonds. The molecule has 0 saturated carbocycles. The Morgan fingerprint density at radius 1 is 1.00 bits per heavy atom. The molecule has 2 aromatic carbocycles. The number of benzene rings is 2. The van der Waals surface area contributed by atoms with E-state index in [2.05, 4.69) is 5.32 Å². The average molecular weight is 413 g/mol. The number of furan rings is 1. The van der Waals surface area contributed by atoms with Crippen molar-refractivity contribution in [1.82, 2.24) is 9.62 Å². The summed E-state index contributed by atoms with van der Waals surface area (Å²) in [7, 11) is -3.87. The molecule has 0 atom stereocenters. The third-order valence-corrected chi connectivity index (χ3v) is 6.43. The molecule has 0 unspecified atom stereocenters. The van der Waals surface area contributed by atoms with Gasteiger partial charge in [0.05, 0.1) is 24.2 Å². The van der Waals surface area contributed by atoms with Crippen LogP contribution in [0.2, 0.25) is 0 Å². The number of nitrogens with one attached hydrogen (secondary N) is 1. The molecule has 1 aromatic heterocycles. The highest BCUT2D eigenvalue weighted by Gasteiger charge is 2.27. The van der Waals surface area contributed by atoms with E-state index in [1.165, 1.54) is 6.26 Å². The van der Waals surface area contributed by atoms with Gasteiger partial charge in [0.1, 0.15) is 5.76 Å². The number of carbonyl (C=O) groups excluding carboxylic acids is 1. The van der Waals surface area contributed by atoms with Crippen LogP contribution in [0.25, 0.3) is 0 Å². The van der Waals surface area contributed by atoms with E-state index in [1.54, 1.807) is 36.4 Å². The SMILES string of the molecule is Cc1ccc(S(=O)(=O)N(CC(=O)NCc2ccccc2C)Cc2ccco2)cc1. The maximum atomic E-state index is 13.1. The molecule has 0 aliphatic carbocycles. The van der Waals surface area contributed by atoms with Gasteiger partial charge in [0.15, 0.2) is 0 Å². The van der Waals surface area contributed by atoms with E-state index in [1.807, 2.05) is 38.1 Å². The van der Waals surface area contributed by atoms with E-state index in [0.29, 0.717) is 12.3 Å². The van der Waals surface area contributed by atoms with Crippen LogP contribution in [-0.2, 0) is 27.9 Å². The van der Waals surface area contributed by atoms with Crippen LogP contribution in [0.4, 0.5) is 0 Å². The van der Waals surface area contributed by atoms with Gasteiger partial charge < -0.3 is 9.73 Å². The summed E-state index contributed by atoms with van der Waals surface area (Å²) in [5, 5.41) is 2.81. The summed E-state index contributed by atoms with van der Waals surface area (Å²) in [4.78, 5) is 12.7. The summed E-state index contributed by atoms with van der Waals surface area (Å²) < 4.78 is 32.7. The smallest absolute Gasteiger partial charge is 0.243 e. The standard InChI is InChI=1S/C22H24N2O4S/c1-17-9-11-21(12-10-17)29(26,27)24(15-20-8-5-13-28-20)16-22(25)23-14-19-7-4-3-6-18(19)2/h3-13H,14-16H2,1-2H3,(H,23,25). The van der Waals surface area contributed by atoms with E-state index < -0.39 is 10.0 Å². The van der Waals surface area contributed by atoms with E-state index in [0.717, 1.165) is 21.0 Å². The number of nitrogens with zero attached hydrogens (tertiary/aromatic N) is 1. The van der Waals surface area contributed by atoms with Crippen molar-refractivity contribution < 1.29 is 17.6 Å². The fraction of sp³-hybridized carbons (Fsp3) is 0.227. The van der Waals surface area contributed by atoms with Gasteiger partial charge in [-0.15, -0.1) is 0 Å². The Labute approximate surface area is 171 Å². The minimum atomic E-state index is -3.87. The number of hydrogen-bond acceptors (Lipinski definition) is 4. The molecule has 152 valence electrons. The first kappa shape index (κ1) is 20.8. The number of sulfonamides is 1. The Morgan fingerprint density at radius 2 is 1.72 bits per heavy atom. The second kappa shape index (κ2) is 9.07. The largest absolute Gasteiger partial charge is 0.468 e. The summed E-state index contributed by atoms with van der Waals surface area (Å²) >= 11 is 0. The molecular formula is C22H24N2O4S. The first-order valence-corrected chi connectivity index (χ1v) is 10.7. The molecular weight excluding hydrogens is 388 g/mol. The lowest BCUT2D eigenvalue weighted by Crippen LogP contribution is -2.40. The first-order chi connectivity index (χ1) is 13.9. The first-order valence-electron chi connectivity index (χ1n) is 9.26. The van der Waals surface area contributed by atoms with Gasteiger partial charge in [0.25, 0.3) is 0 Å². The molecule has 0 saturated heterocycles. The van der Waals surface area contributed by atoms with Gasteiger partial charge in [-0.3, -0.25) is 4.79 Å². The molecule has 0 radical (unpaired) electrons. The zero-order valence-corrected chi connectivity index (χ0v) is 17.3. The van der Waals surface area contributed by atoms with Crippen molar-refractivity contribution in [1.29, 1.82) is 0 Å². The quantitative estimate of drug-likeness (QED) is 0.615. The minimum absolute atomic E-state index is 0.0268. The molecule has 6 nitrogen and oxygen atoms in total. The van der Waals surface area contributed by atoms with Crippen LogP contribution in [0, 0.1) is 13.8 Å². The predicted octanol–water partition coefficient (Wildman–Crippen LogP) is 3.40. The Hall–Kier alpha value is -2.90. The van der Waals surface area contributed by atoms with Gasteiger partial charge in [-0.2, -0.15) is 4.31 Å². The molecule has 1 N–H and O–H groups in total. The van der Waals surface area contributed by atoms with Crippen LogP contribution < -0.4 is 5.32 Å². The van der Waals surface area contributed by atoms with Crippen molar-refractivity contribution in [2.24, 2.45) is 0 Å². The zero-order chi connectivity index (χ0) is 20.9. The van der Waals surface area contributed by atoms with Crippen LogP contribution in [0.15, 0.2) is 76.2 Å². The highest BCUT2D eigenvalue weighted by molar-refractivity contribution is 7.89. The molecule has 7 heteroatoms. The third kappa shape index (κ3) is 5.34. The number of amides is 1. The Bertz CT molecular complexity index is 1060. The fourth-order valence-electron chi connectivity index (χ4n) is 2.88. The van der Waals surface area contributed by atoms with Crippen molar-refractivity contribution in [3.05, 3.63) is 89.4 Å². The predicted molar refractivity (Wildman–Crippen MR) is 111 cm³/mol. The Balaban J connectivity index is 1.77. The number of hydrogen-bond donors (Lipinski definition) is 1. The van der Waals surface area contributed by atoms with E-state index >= 15 is 0 Å². The highest BCUT2D eigenvalue weighted by Crippen LogP contribution is 2.19. The third-order valence-electron chi connectivity index (χ3n) is 4.63. The number of carbonyl (C=O) groups is 1. The molecule has 3 aromatic rings. The van der Waals surface area contributed by atoms with Crippen molar-refractivity contribution in [3.63, 3.8) is 0 Å². The van der Waals surface area contributed by atoms with Crippen molar-refractivity contribution in [2.75, 3.05) is 6.54 Å². The van der Waals surface area contributed by atoms with Gasteiger partial charge >= 0.3 is 0 Å². The van der Waals surface area contributed by atoms with Crippen LogP contribution in [0.3, 0.4) is 0 Å². The van der Waals surface area contributed by atoms with Crippen LogP contribution in [0.5, 0.6) is 0 Å². The van der Waals surface area contributed by atoms with Crippen molar-refractivity contribution in [2.45, 2.75) is 31.8 Å². The lowest BCUT2D eigenvalue weighted by molar-refractivity contribution is -0.121. The molecule has 1 heterocycles. The number of aryl methyl sites for hydroxylation is 2. The molecule has 29 heavy (non-hydrogen) atoms. The van der Waals surface area contributed by atoms with Gasteiger partial charge in [-0.05, 0) is 49.2 Å². The van der Waals surface area contributed by atoms with Crippen molar-refractivity contribution in [3.8, 4) is 0 Å². The molecule has 0 fully saturated rings. The summed E-state index contributed by atoms with van der Waals surface area (Å²) in [5.41, 5.74) is 3.00. The van der Waals surface area contributed by atoms with E-state index in [9.17, 15) is 13.2 Å². The average Bonchev–Trinajstić information content (AvgIpc) is 3.20. The normalized spacial score (nSPS) is 11.6. The van der Waals surface area contributed by atoms with Gasteiger partial charge in [0.2, 0.25) is 15.9 Å². The summed E-state index contributed by atoms with van der Waals surface area (Å²) in [6, 6.07) is 17.7.